The van der Waals surface area contributed by atoms with Crippen molar-refractivity contribution in [3.8, 4) is 0 Å². The van der Waals surface area contributed by atoms with Gasteiger partial charge in [0, 0.05) is 12.6 Å². The van der Waals surface area contributed by atoms with E-state index in [1.807, 2.05) is 24.3 Å². The Balaban J connectivity index is 1.76. The summed E-state index contributed by atoms with van der Waals surface area (Å²) in [4.78, 5) is 40.2. The first-order chi connectivity index (χ1) is 12.6. The molecule has 146 valence electrons. The lowest BCUT2D eigenvalue weighted by molar-refractivity contribution is -0.130. The van der Waals surface area contributed by atoms with Gasteiger partial charge in [0.05, 0.1) is 5.69 Å². The standard InChI is InChI=1S/C20H27N3O4/c1-12(24)17(25)21-14-9-10-22-16(11-14)18(26)23(19(22)27)15-7-5-13(6-8-15)20(2,3)4/h5-8,12,14,16,24H,9-11H2,1-4H3,(H,21,25)/t12-,14-,16-/m0/s1. The lowest BCUT2D eigenvalue weighted by Crippen LogP contribution is -2.51. The SMILES string of the molecule is C[C@H](O)C(=O)N[C@H]1CCN2C(=O)N(c3ccc(C(C)(C)C)cc3)C(=O)[C@@H]2C1. The highest BCUT2D eigenvalue weighted by molar-refractivity contribution is 6.21. The zero-order chi connectivity index (χ0) is 19.9. The van der Waals surface area contributed by atoms with E-state index in [4.69, 9.17) is 0 Å². The normalized spacial score (nSPS) is 24.0. The molecule has 2 N–H and O–H groups in total. The van der Waals surface area contributed by atoms with E-state index in [0.717, 1.165) is 5.56 Å². The number of rotatable bonds is 3. The van der Waals surface area contributed by atoms with Gasteiger partial charge in [0.2, 0.25) is 5.91 Å². The minimum atomic E-state index is -1.10. The number of hydrogen-bond acceptors (Lipinski definition) is 4. The van der Waals surface area contributed by atoms with Crippen LogP contribution in [0.4, 0.5) is 10.5 Å². The van der Waals surface area contributed by atoms with Gasteiger partial charge in [-0.05, 0) is 42.9 Å². The van der Waals surface area contributed by atoms with Crippen LogP contribution in [-0.4, -0.2) is 52.6 Å². The minimum absolute atomic E-state index is 0.00961. The number of nitrogens with zero attached hydrogens (tertiary/aromatic N) is 2. The quantitative estimate of drug-likeness (QED) is 0.791. The van der Waals surface area contributed by atoms with Gasteiger partial charge < -0.3 is 15.3 Å². The number of nitrogens with one attached hydrogen (secondary N) is 1. The third kappa shape index (κ3) is 3.69. The van der Waals surface area contributed by atoms with Crippen molar-refractivity contribution < 1.29 is 19.5 Å². The second-order valence-electron chi connectivity index (χ2n) is 8.37. The van der Waals surface area contributed by atoms with E-state index < -0.39 is 18.1 Å². The number of anilines is 1. The summed E-state index contributed by atoms with van der Waals surface area (Å²) in [5.41, 5.74) is 1.69. The molecule has 2 aliphatic rings. The maximum Gasteiger partial charge on any atom is 0.332 e. The summed E-state index contributed by atoms with van der Waals surface area (Å²) >= 11 is 0. The monoisotopic (exact) mass is 373 g/mol. The van der Waals surface area contributed by atoms with Crippen molar-refractivity contribution in [3.63, 3.8) is 0 Å². The van der Waals surface area contributed by atoms with Crippen molar-refractivity contribution in [1.82, 2.24) is 10.2 Å². The fourth-order valence-corrected chi connectivity index (χ4v) is 3.60. The highest BCUT2D eigenvalue weighted by atomic mass is 16.3. The fourth-order valence-electron chi connectivity index (χ4n) is 3.60. The topological polar surface area (TPSA) is 89.9 Å². The number of carbonyl (C=O) groups is 3. The van der Waals surface area contributed by atoms with Crippen LogP contribution in [0.2, 0.25) is 0 Å². The molecule has 0 bridgehead atoms. The summed E-state index contributed by atoms with van der Waals surface area (Å²) in [6.07, 6.45) is -0.175. The molecular formula is C20H27N3O4. The Morgan fingerprint density at radius 2 is 1.85 bits per heavy atom. The minimum Gasteiger partial charge on any atom is -0.384 e. The zero-order valence-corrected chi connectivity index (χ0v) is 16.2. The second-order valence-corrected chi connectivity index (χ2v) is 8.37. The van der Waals surface area contributed by atoms with Crippen molar-refractivity contribution in [2.24, 2.45) is 0 Å². The summed E-state index contributed by atoms with van der Waals surface area (Å²) < 4.78 is 0. The molecule has 2 saturated heterocycles. The summed E-state index contributed by atoms with van der Waals surface area (Å²) in [7, 11) is 0. The van der Waals surface area contributed by atoms with Gasteiger partial charge >= 0.3 is 6.03 Å². The number of aliphatic hydroxyl groups is 1. The molecule has 0 unspecified atom stereocenters. The Labute approximate surface area is 159 Å². The molecule has 3 atom stereocenters. The first-order valence-corrected chi connectivity index (χ1v) is 9.33. The van der Waals surface area contributed by atoms with Crippen LogP contribution in [0, 0.1) is 0 Å². The van der Waals surface area contributed by atoms with E-state index in [-0.39, 0.29) is 23.4 Å². The molecule has 1 aromatic carbocycles. The van der Waals surface area contributed by atoms with Crippen LogP contribution >= 0.6 is 0 Å². The van der Waals surface area contributed by atoms with Crippen LogP contribution in [-0.2, 0) is 15.0 Å². The molecule has 4 amide bonds. The molecule has 1 aromatic rings. The number of piperidine rings is 1. The lowest BCUT2D eigenvalue weighted by Gasteiger charge is -2.33. The van der Waals surface area contributed by atoms with E-state index >= 15 is 0 Å². The summed E-state index contributed by atoms with van der Waals surface area (Å²) in [5.74, 6) is -0.723. The third-order valence-corrected chi connectivity index (χ3v) is 5.26. The van der Waals surface area contributed by atoms with Crippen molar-refractivity contribution >= 4 is 23.5 Å². The second kappa shape index (κ2) is 6.96. The van der Waals surface area contributed by atoms with E-state index in [1.54, 1.807) is 4.90 Å². The Hall–Kier alpha value is -2.41. The van der Waals surface area contributed by atoms with Crippen LogP contribution < -0.4 is 10.2 Å². The molecule has 2 heterocycles. The van der Waals surface area contributed by atoms with Crippen LogP contribution in [0.1, 0.15) is 46.1 Å². The van der Waals surface area contributed by atoms with Crippen molar-refractivity contribution in [1.29, 1.82) is 0 Å². The molecule has 27 heavy (non-hydrogen) atoms. The summed E-state index contributed by atoms with van der Waals surface area (Å²) in [6, 6.07) is 6.39. The van der Waals surface area contributed by atoms with Gasteiger partial charge in [-0.2, -0.15) is 0 Å². The summed E-state index contributed by atoms with van der Waals surface area (Å²) in [5, 5.41) is 12.1. The molecule has 2 fully saturated rings. The number of carbonyl (C=O) groups excluding carboxylic acids is 3. The Morgan fingerprint density at radius 3 is 2.41 bits per heavy atom. The van der Waals surface area contributed by atoms with Crippen LogP contribution in [0.5, 0.6) is 0 Å². The Kier molecular flexibility index (Phi) is 4.99. The largest absolute Gasteiger partial charge is 0.384 e. The molecule has 0 saturated carbocycles. The van der Waals surface area contributed by atoms with Gasteiger partial charge in [-0.1, -0.05) is 32.9 Å². The first-order valence-electron chi connectivity index (χ1n) is 9.33. The predicted octanol–water partition coefficient (Wildman–Crippen LogP) is 1.78. The van der Waals surface area contributed by atoms with Crippen LogP contribution in [0.25, 0.3) is 0 Å². The molecule has 0 aromatic heterocycles. The molecule has 0 radical (unpaired) electrons. The molecule has 7 nitrogen and oxygen atoms in total. The van der Waals surface area contributed by atoms with Gasteiger partial charge in [0.15, 0.2) is 0 Å². The fraction of sp³-hybridized carbons (Fsp3) is 0.550. The van der Waals surface area contributed by atoms with E-state index in [1.165, 1.54) is 11.8 Å². The maximum atomic E-state index is 12.9. The molecular weight excluding hydrogens is 346 g/mol. The van der Waals surface area contributed by atoms with Crippen LogP contribution in [0.3, 0.4) is 0 Å². The number of fused-ring (bicyclic) bond motifs is 1. The molecule has 7 heteroatoms. The van der Waals surface area contributed by atoms with Crippen molar-refractivity contribution in [2.45, 2.75) is 64.1 Å². The molecule has 0 aliphatic carbocycles. The number of benzene rings is 1. The Bertz CT molecular complexity index is 751. The average Bonchev–Trinajstić information content (AvgIpc) is 2.85. The Morgan fingerprint density at radius 1 is 1.22 bits per heavy atom. The van der Waals surface area contributed by atoms with Gasteiger partial charge in [0.1, 0.15) is 12.1 Å². The predicted molar refractivity (Wildman–Crippen MR) is 101 cm³/mol. The van der Waals surface area contributed by atoms with Gasteiger partial charge in [-0.15, -0.1) is 0 Å². The lowest BCUT2D eigenvalue weighted by atomic mass is 9.87. The third-order valence-electron chi connectivity index (χ3n) is 5.26. The first kappa shape index (κ1) is 19.4. The number of hydrogen-bond donors (Lipinski definition) is 2. The molecule has 2 aliphatic heterocycles. The van der Waals surface area contributed by atoms with E-state index in [9.17, 15) is 19.5 Å². The zero-order valence-electron chi connectivity index (χ0n) is 16.2. The van der Waals surface area contributed by atoms with Gasteiger partial charge in [-0.3, -0.25) is 9.59 Å². The highest BCUT2D eigenvalue weighted by Gasteiger charge is 2.48. The van der Waals surface area contributed by atoms with Gasteiger partial charge in [0.25, 0.3) is 5.91 Å². The average molecular weight is 373 g/mol. The maximum absolute atomic E-state index is 12.9. The van der Waals surface area contributed by atoms with Gasteiger partial charge in [-0.25, -0.2) is 9.69 Å². The van der Waals surface area contributed by atoms with Crippen molar-refractivity contribution in [2.75, 3.05) is 11.4 Å². The van der Waals surface area contributed by atoms with Crippen molar-refractivity contribution in [3.05, 3.63) is 29.8 Å². The van der Waals surface area contributed by atoms with Crippen LogP contribution in [0.15, 0.2) is 24.3 Å². The summed E-state index contributed by atoms with van der Waals surface area (Å²) in [6.45, 7) is 8.12. The number of imide groups is 1. The number of aliphatic hydroxyl groups excluding tert-OH is 1. The van der Waals surface area contributed by atoms with E-state index in [0.29, 0.717) is 25.1 Å². The highest BCUT2D eigenvalue weighted by Crippen LogP contribution is 2.32. The van der Waals surface area contributed by atoms with E-state index in [2.05, 4.69) is 26.1 Å². The number of amides is 4. The molecule has 0 spiro atoms. The number of urea groups is 1. The molecule has 3 rings (SSSR count). The smallest absolute Gasteiger partial charge is 0.332 e.